The van der Waals surface area contributed by atoms with E-state index in [1.807, 2.05) is 11.9 Å². The standard InChI is InChI=1S/C15H20FNO3/c1-17(9-11-5-7-20-8-6-11)10-12-3-2-4-13(14(12)16)15(18)19/h2-4,11H,5-10H2,1H3,(H,18,19). The Bertz CT molecular complexity index is 472. The normalized spacial score (nSPS) is 16.6. The van der Waals surface area contributed by atoms with Gasteiger partial charge in [0.15, 0.2) is 0 Å². The van der Waals surface area contributed by atoms with Crippen molar-refractivity contribution in [2.75, 3.05) is 26.8 Å². The average Bonchev–Trinajstić information content (AvgIpc) is 2.42. The Balaban J connectivity index is 1.98. The number of hydrogen-bond donors (Lipinski definition) is 1. The Labute approximate surface area is 118 Å². The van der Waals surface area contributed by atoms with E-state index in [-0.39, 0.29) is 5.56 Å². The fourth-order valence-corrected chi connectivity index (χ4v) is 2.59. The van der Waals surface area contributed by atoms with Crippen molar-refractivity contribution in [3.05, 3.63) is 35.1 Å². The molecule has 0 bridgehead atoms. The molecule has 0 atom stereocenters. The fourth-order valence-electron chi connectivity index (χ4n) is 2.59. The van der Waals surface area contributed by atoms with E-state index in [0.29, 0.717) is 18.0 Å². The van der Waals surface area contributed by atoms with Gasteiger partial charge in [-0.05, 0) is 31.9 Å². The third kappa shape index (κ3) is 3.77. The van der Waals surface area contributed by atoms with Crippen LogP contribution < -0.4 is 0 Å². The number of aromatic carboxylic acids is 1. The SMILES string of the molecule is CN(Cc1cccc(C(=O)O)c1F)CC1CCOCC1. The monoisotopic (exact) mass is 281 g/mol. The van der Waals surface area contributed by atoms with Crippen molar-refractivity contribution in [2.45, 2.75) is 19.4 Å². The van der Waals surface area contributed by atoms with Gasteiger partial charge in [0, 0.05) is 31.9 Å². The van der Waals surface area contributed by atoms with Crippen molar-refractivity contribution in [1.82, 2.24) is 4.90 Å². The van der Waals surface area contributed by atoms with Crippen molar-refractivity contribution in [2.24, 2.45) is 5.92 Å². The van der Waals surface area contributed by atoms with Crippen molar-refractivity contribution < 1.29 is 19.0 Å². The summed E-state index contributed by atoms with van der Waals surface area (Å²) in [6, 6.07) is 4.52. The predicted molar refractivity (Wildman–Crippen MR) is 73.2 cm³/mol. The van der Waals surface area contributed by atoms with Crippen LogP contribution in [0.2, 0.25) is 0 Å². The minimum Gasteiger partial charge on any atom is -0.478 e. The van der Waals surface area contributed by atoms with Gasteiger partial charge in [0.2, 0.25) is 0 Å². The van der Waals surface area contributed by atoms with Gasteiger partial charge in [0.1, 0.15) is 5.82 Å². The van der Waals surface area contributed by atoms with Gasteiger partial charge in [0.25, 0.3) is 0 Å². The lowest BCUT2D eigenvalue weighted by Crippen LogP contribution is -2.29. The van der Waals surface area contributed by atoms with Gasteiger partial charge in [0.05, 0.1) is 5.56 Å². The Kier molecular flexibility index (Phi) is 5.09. The maximum Gasteiger partial charge on any atom is 0.338 e. The van der Waals surface area contributed by atoms with Crippen molar-refractivity contribution in [3.8, 4) is 0 Å². The van der Waals surface area contributed by atoms with Crippen LogP contribution in [0.5, 0.6) is 0 Å². The van der Waals surface area contributed by atoms with Crippen LogP contribution in [-0.2, 0) is 11.3 Å². The Hall–Kier alpha value is -1.46. The molecule has 1 saturated heterocycles. The third-order valence-corrected chi connectivity index (χ3v) is 3.66. The average molecular weight is 281 g/mol. The summed E-state index contributed by atoms with van der Waals surface area (Å²) in [6.45, 7) is 2.88. The molecule has 1 fully saturated rings. The van der Waals surface area contributed by atoms with Crippen LogP contribution in [0.15, 0.2) is 18.2 Å². The van der Waals surface area contributed by atoms with Gasteiger partial charge >= 0.3 is 5.97 Å². The number of carbonyl (C=O) groups is 1. The van der Waals surface area contributed by atoms with E-state index >= 15 is 0 Å². The zero-order valence-corrected chi connectivity index (χ0v) is 11.6. The van der Waals surface area contributed by atoms with Crippen LogP contribution in [0.3, 0.4) is 0 Å². The fraction of sp³-hybridized carbons (Fsp3) is 0.533. The summed E-state index contributed by atoms with van der Waals surface area (Å²) in [5.41, 5.74) is 0.168. The highest BCUT2D eigenvalue weighted by Gasteiger charge is 2.18. The van der Waals surface area contributed by atoms with E-state index in [4.69, 9.17) is 9.84 Å². The van der Waals surface area contributed by atoms with Gasteiger partial charge in [-0.1, -0.05) is 12.1 Å². The lowest BCUT2D eigenvalue weighted by molar-refractivity contribution is 0.0548. The van der Waals surface area contributed by atoms with Crippen LogP contribution in [0.4, 0.5) is 4.39 Å². The van der Waals surface area contributed by atoms with Crippen molar-refractivity contribution in [3.63, 3.8) is 0 Å². The van der Waals surface area contributed by atoms with Crippen LogP contribution in [0.1, 0.15) is 28.8 Å². The Morgan fingerprint density at radius 1 is 1.45 bits per heavy atom. The highest BCUT2D eigenvalue weighted by molar-refractivity contribution is 5.88. The molecule has 1 N–H and O–H groups in total. The predicted octanol–water partition coefficient (Wildman–Crippen LogP) is 2.38. The molecule has 1 aromatic carbocycles. The molecule has 2 rings (SSSR count). The number of rotatable bonds is 5. The number of carboxylic acids is 1. The second-order valence-electron chi connectivity index (χ2n) is 5.34. The molecule has 1 aromatic rings. The molecule has 4 nitrogen and oxygen atoms in total. The Morgan fingerprint density at radius 2 is 2.15 bits per heavy atom. The number of ether oxygens (including phenoxy) is 1. The van der Waals surface area contributed by atoms with Crippen molar-refractivity contribution in [1.29, 1.82) is 0 Å². The quantitative estimate of drug-likeness (QED) is 0.900. The summed E-state index contributed by atoms with van der Waals surface area (Å²) in [6.07, 6.45) is 2.06. The zero-order chi connectivity index (χ0) is 14.5. The van der Waals surface area contributed by atoms with E-state index in [1.54, 1.807) is 12.1 Å². The summed E-state index contributed by atoms with van der Waals surface area (Å²) in [5.74, 6) is -1.28. The van der Waals surface area contributed by atoms with E-state index in [9.17, 15) is 9.18 Å². The smallest absolute Gasteiger partial charge is 0.338 e. The van der Waals surface area contributed by atoms with Crippen LogP contribution >= 0.6 is 0 Å². The highest BCUT2D eigenvalue weighted by atomic mass is 19.1. The summed E-state index contributed by atoms with van der Waals surface area (Å²) in [4.78, 5) is 13.0. The first-order valence-electron chi connectivity index (χ1n) is 6.85. The van der Waals surface area contributed by atoms with Gasteiger partial charge in [-0.15, -0.1) is 0 Å². The zero-order valence-electron chi connectivity index (χ0n) is 11.6. The maximum atomic E-state index is 14.0. The molecule has 0 saturated carbocycles. The topological polar surface area (TPSA) is 49.8 Å². The molecule has 110 valence electrons. The van der Waals surface area contributed by atoms with E-state index < -0.39 is 11.8 Å². The summed E-state index contributed by atoms with van der Waals surface area (Å²) in [5, 5.41) is 8.92. The first-order chi connectivity index (χ1) is 9.58. The molecule has 0 spiro atoms. The minimum atomic E-state index is -1.23. The molecule has 0 amide bonds. The molecule has 0 aliphatic carbocycles. The van der Waals surface area contributed by atoms with Crippen LogP contribution in [0, 0.1) is 11.7 Å². The van der Waals surface area contributed by atoms with Gasteiger partial charge in [-0.2, -0.15) is 0 Å². The third-order valence-electron chi connectivity index (χ3n) is 3.66. The molecule has 5 heteroatoms. The molecular formula is C15H20FNO3. The van der Waals surface area contributed by atoms with E-state index in [1.165, 1.54) is 6.07 Å². The number of hydrogen-bond acceptors (Lipinski definition) is 3. The van der Waals surface area contributed by atoms with Crippen LogP contribution in [0.25, 0.3) is 0 Å². The number of nitrogens with zero attached hydrogens (tertiary/aromatic N) is 1. The first kappa shape index (κ1) is 14.9. The lowest BCUT2D eigenvalue weighted by atomic mass is 9.99. The number of benzene rings is 1. The first-order valence-corrected chi connectivity index (χ1v) is 6.85. The minimum absolute atomic E-state index is 0.262. The van der Waals surface area contributed by atoms with E-state index in [0.717, 1.165) is 32.6 Å². The molecule has 0 aromatic heterocycles. The largest absolute Gasteiger partial charge is 0.478 e. The van der Waals surface area contributed by atoms with Gasteiger partial charge in [-0.3, -0.25) is 0 Å². The second-order valence-corrected chi connectivity index (χ2v) is 5.34. The van der Waals surface area contributed by atoms with Crippen LogP contribution in [-0.4, -0.2) is 42.8 Å². The number of carboxylic acid groups (broad SMARTS) is 1. The molecule has 1 aliphatic heterocycles. The lowest BCUT2D eigenvalue weighted by Gasteiger charge is -2.27. The maximum absolute atomic E-state index is 14.0. The molecule has 20 heavy (non-hydrogen) atoms. The molecular weight excluding hydrogens is 261 g/mol. The highest BCUT2D eigenvalue weighted by Crippen LogP contribution is 2.18. The van der Waals surface area contributed by atoms with Crippen molar-refractivity contribution >= 4 is 5.97 Å². The molecule has 1 heterocycles. The van der Waals surface area contributed by atoms with Gasteiger partial charge in [-0.25, -0.2) is 9.18 Å². The molecule has 0 radical (unpaired) electrons. The number of halogens is 1. The second kappa shape index (κ2) is 6.81. The Morgan fingerprint density at radius 3 is 2.80 bits per heavy atom. The summed E-state index contributed by atoms with van der Waals surface area (Å²) < 4.78 is 19.4. The van der Waals surface area contributed by atoms with E-state index in [2.05, 4.69) is 0 Å². The molecule has 1 aliphatic rings. The van der Waals surface area contributed by atoms with Gasteiger partial charge < -0.3 is 14.7 Å². The summed E-state index contributed by atoms with van der Waals surface area (Å²) in [7, 11) is 1.93. The molecule has 0 unspecified atom stereocenters. The summed E-state index contributed by atoms with van der Waals surface area (Å²) >= 11 is 0.